The van der Waals surface area contributed by atoms with Crippen molar-refractivity contribution >= 4 is 11.8 Å². The van der Waals surface area contributed by atoms with Gasteiger partial charge in [-0.2, -0.15) is 0 Å². The lowest BCUT2D eigenvalue weighted by Crippen LogP contribution is -2.26. The summed E-state index contributed by atoms with van der Waals surface area (Å²) in [6.07, 6.45) is 6.61. The topological polar surface area (TPSA) is 50.8 Å². The molecule has 0 saturated heterocycles. The van der Waals surface area contributed by atoms with E-state index in [1.807, 2.05) is 0 Å². The van der Waals surface area contributed by atoms with Crippen LogP contribution in [0.3, 0.4) is 0 Å². The lowest BCUT2D eigenvalue weighted by atomic mass is 9.88. The number of nitrogens with one attached hydrogen (secondary N) is 1. The minimum Gasteiger partial charge on any atom is -0.377 e. The molecule has 2 atom stereocenters. The van der Waals surface area contributed by atoms with E-state index in [1.165, 1.54) is 25.7 Å². The zero-order valence-electron chi connectivity index (χ0n) is 11.3. The van der Waals surface area contributed by atoms with Gasteiger partial charge in [0.2, 0.25) is 5.16 Å². The standard InChI is InChI=1S/C13H23N3OS/c1-3-12-14-13(16-15-12)18-9-8-17-11-7-5-4-6-10(11)2/h10-11H,3-9H2,1-2H3,(H,14,15,16)/t10-,11-/m0/s1. The third kappa shape index (κ3) is 3.99. The van der Waals surface area contributed by atoms with E-state index in [1.54, 1.807) is 11.8 Å². The highest BCUT2D eigenvalue weighted by Gasteiger charge is 2.21. The number of hydrogen-bond donors (Lipinski definition) is 1. The van der Waals surface area contributed by atoms with E-state index >= 15 is 0 Å². The molecule has 1 aromatic rings. The van der Waals surface area contributed by atoms with Crippen molar-refractivity contribution in [2.24, 2.45) is 5.92 Å². The number of hydrogen-bond acceptors (Lipinski definition) is 4. The van der Waals surface area contributed by atoms with E-state index in [-0.39, 0.29) is 0 Å². The number of rotatable bonds is 6. The third-order valence-electron chi connectivity index (χ3n) is 3.53. The van der Waals surface area contributed by atoms with Crippen LogP contribution in [0.15, 0.2) is 5.16 Å². The Kier molecular flexibility index (Phi) is 5.50. The number of thioether (sulfide) groups is 1. The molecule has 1 aliphatic rings. The SMILES string of the molecule is CCc1nc(SCCO[C@H]2CCCC[C@@H]2C)n[nH]1. The van der Waals surface area contributed by atoms with Crippen LogP contribution in [0.2, 0.25) is 0 Å². The highest BCUT2D eigenvalue weighted by atomic mass is 32.2. The van der Waals surface area contributed by atoms with E-state index in [0.717, 1.165) is 35.7 Å². The fourth-order valence-electron chi connectivity index (χ4n) is 2.36. The fourth-order valence-corrected chi connectivity index (χ4v) is 3.01. The predicted octanol–water partition coefficient (Wildman–Crippen LogP) is 3.05. The normalized spacial score (nSPS) is 24.3. The molecule has 0 aliphatic heterocycles. The molecule has 0 bridgehead atoms. The molecule has 4 nitrogen and oxygen atoms in total. The van der Waals surface area contributed by atoms with Crippen molar-refractivity contribution in [1.82, 2.24) is 15.2 Å². The van der Waals surface area contributed by atoms with Crippen LogP contribution >= 0.6 is 11.8 Å². The fraction of sp³-hybridized carbons (Fsp3) is 0.846. The summed E-state index contributed by atoms with van der Waals surface area (Å²) in [7, 11) is 0. The Balaban J connectivity index is 1.63. The largest absolute Gasteiger partial charge is 0.377 e. The van der Waals surface area contributed by atoms with Gasteiger partial charge >= 0.3 is 0 Å². The van der Waals surface area contributed by atoms with Gasteiger partial charge in [-0.25, -0.2) is 4.98 Å². The van der Waals surface area contributed by atoms with Gasteiger partial charge in [-0.1, -0.05) is 38.5 Å². The third-order valence-corrected chi connectivity index (χ3v) is 4.34. The van der Waals surface area contributed by atoms with Crippen molar-refractivity contribution < 1.29 is 4.74 Å². The molecule has 0 unspecified atom stereocenters. The average molecular weight is 269 g/mol. The predicted molar refractivity (Wildman–Crippen MR) is 73.9 cm³/mol. The highest BCUT2D eigenvalue weighted by molar-refractivity contribution is 7.99. The first-order valence-electron chi connectivity index (χ1n) is 6.95. The summed E-state index contributed by atoms with van der Waals surface area (Å²) in [4.78, 5) is 4.37. The van der Waals surface area contributed by atoms with Crippen molar-refractivity contribution in [3.63, 3.8) is 0 Å². The smallest absolute Gasteiger partial charge is 0.208 e. The van der Waals surface area contributed by atoms with Crippen molar-refractivity contribution in [3.05, 3.63) is 5.82 Å². The van der Waals surface area contributed by atoms with Gasteiger partial charge in [0, 0.05) is 12.2 Å². The van der Waals surface area contributed by atoms with E-state index < -0.39 is 0 Å². The molecular weight excluding hydrogens is 246 g/mol. The molecule has 0 radical (unpaired) electrons. The molecule has 0 amide bonds. The van der Waals surface area contributed by atoms with Crippen LogP contribution < -0.4 is 0 Å². The lowest BCUT2D eigenvalue weighted by Gasteiger charge is -2.28. The Morgan fingerprint density at radius 3 is 2.94 bits per heavy atom. The van der Waals surface area contributed by atoms with Gasteiger partial charge in [-0.15, -0.1) is 5.10 Å². The van der Waals surface area contributed by atoms with Crippen LogP contribution in [0.5, 0.6) is 0 Å². The molecule has 0 aromatic carbocycles. The number of nitrogens with zero attached hydrogens (tertiary/aromatic N) is 2. The maximum Gasteiger partial charge on any atom is 0.208 e. The minimum absolute atomic E-state index is 0.470. The van der Waals surface area contributed by atoms with Gasteiger partial charge in [0.25, 0.3) is 0 Å². The van der Waals surface area contributed by atoms with Crippen LogP contribution in [0.4, 0.5) is 0 Å². The summed E-state index contributed by atoms with van der Waals surface area (Å²) in [6, 6.07) is 0. The first-order valence-corrected chi connectivity index (χ1v) is 7.94. The molecule has 1 aromatic heterocycles. The first kappa shape index (κ1) is 13.9. The Bertz CT molecular complexity index is 356. The highest BCUT2D eigenvalue weighted by Crippen LogP contribution is 2.26. The summed E-state index contributed by atoms with van der Waals surface area (Å²) in [5, 5.41) is 7.93. The molecule has 18 heavy (non-hydrogen) atoms. The van der Waals surface area contributed by atoms with Gasteiger partial charge in [0.15, 0.2) is 0 Å². The van der Waals surface area contributed by atoms with Gasteiger partial charge in [0.05, 0.1) is 12.7 Å². The number of aromatic nitrogens is 3. The second kappa shape index (κ2) is 7.14. The molecular formula is C13H23N3OS. The van der Waals surface area contributed by atoms with Crippen molar-refractivity contribution in [3.8, 4) is 0 Å². The van der Waals surface area contributed by atoms with E-state index in [4.69, 9.17) is 4.74 Å². The molecule has 5 heteroatoms. The number of H-pyrrole nitrogens is 1. The molecule has 1 heterocycles. The van der Waals surface area contributed by atoms with E-state index in [9.17, 15) is 0 Å². The van der Waals surface area contributed by atoms with Gasteiger partial charge in [0.1, 0.15) is 5.82 Å². The zero-order chi connectivity index (χ0) is 12.8. The van der Waals surface area contributed by atoms with Crippen LogP contribution in [-0.4, -0.2) is 33.6 Å². The molecule has 1 aliphatic carbocycles. The van der Waals surface area contributed by atoms with Crippen LogP contribution in [0.25, 0.3) is 0 Å². The quantitative estimate of drug-likeness (QED) is 0.637. The van der Waals surface area contributed by atoms with Crippen molar-refractivity contribution in [1.29, 1.82) is 0 Å². The van der Waals surface area contributed by atoms with Crippen LogP contribution in [-0.2, 0) is 11.2 Å². The second-order valence-electron chi connectivity index (χ2n) is 4.94. The maximum atomic E-state index is 5.96. The Hall–Kier alpha value is -0.550. The summed E-state index contributed by atoms with van der Waals surface area (Å²) >= 11 is 1.67. The molecule has 1 fully saturated rings. The van der Waals surface area contributed by atoms with Gasteiger partial charge in [-0.05, 0) is 18.8 Å². The van der Waals surface area contributed by atoms with Gasteiger partial charge in [-0.3, -0.25) is 5.10 Å². The summed E-state index contributed by atoms with van der Waals surface area (Å²) in [5.41, 5.74) is 0. The van der Waals surface area contributed by atoms with Gasteiger partial charge < -0.3 is 4.74 Å². The number of ether oxygens (including phenoxy) is 1. The average Bonchev–Trinajstić information content (AvgIpc) is 2.84. The number of aryl methyl sites for hydroxylation is 1. The molecule has 1 N–H and O–H groups in total. The van der Waals surface area contributed by atoms with Crippen molar-refractivity contribution in [2.75, 3.05) is 12.4 Å². The summed E-state index contributed by atoms with van der Waals surface area (Å²) in [6.45, 7) is 5.18. The lowest BCUT2D eigenvalue weighted by molar-refractivity contribution is 0.00345. The first-order chi connectivity index (χ1) is 8.79. The van der Waals surface area contributed by atoms with Crippen molar-refractivity contribution in [2.45, 2.75) is 57.2 Å². The molecule has 1 saturated carbocycles. The molecule has 0 spiro atoms. The summed E-state index contributed by atoms with van der Waals surface area (Å²) < 4.78 is 5.96. The molecule has 102 valence electrons. The van der Waals surface area contributed by atoms with Crippen LogP contribution in [0, 0.1) is 5.92 Å². The maximum absolute atomic E-state index is 5.96. The van der Waals surface area contributed by atoms with Crippen LogP contribution in [0.1, 0.15) is 45.4 Å². The Morgan fingerprint density at radius 2 is 2.22 bits per heavy atom. The zero-order valence-corrected chi connectivity index (χ0v) is 12.1. The second-order valence-corrected chi connectivity index (χ2v) is 6.00. The molecule has 2 rings (SSSR count). The van der Waals surface area contributed by atoms with E-state index in [2.05, 4.69) is 29.0 Å². The van der Waals surface area contributed by atoms with E-state index in [0.29, 0.717) is 6.10 Å². The Morgan fingerprint density at radius 1 is 1.39 bits per heavy atom. The monoisotopic (exact) mass is 269 g/mol. The number of aromatic amines is 1. The summed E-state index contributed by atoms with van der Waals surface area (Å²) in [5.74, 6) is 2.61. The Labute approximate surface area is 113 Å². The minimum atomic E-state index is 0.470.